The highest BCUT2D eigenvalue weighted by atomic mass is 16.5. The fraction of sp³-hybridized carbons (Fsp3) is 0.632. The molecule has 3 fully saturated rings. The predicted octanol–water partition coefficient (Wildman–Crippen LogP) is 0.446. The van der Waals surface area contributed by atoms with Gasteiger partial charge in [0.1, 0.15) is 17.6 Å². The molecule has 0 spiro atoms. The summed E-state index contributed by atoms with van der Waals surface area (Å²) in [6, 6.07) is 7.58. The van der Waals surface area contributed by atoms with Crippen LogP contribution >= 0.6 is 0 Å². The quantitative estimate of drug-likeness (QED) is 0.823. The Hall–Kier alpha value is -2.03. The third-order valence-electron chi connectivity index (χ3n) is 6.38. The van der Waals surface area contributed by atoms with E-state index in [1.165, 1.54) is 4.80 Å². The van der Waals surface area contributed by atoms with Crippen molar-refractivity contribution < 1.29 is 19.4 Å². The van der Waals surface area contributed by atoms with Crippen LogP contribution in [0, 0.1) is 11.8 Å². The fourth-order valence-electron chi connectivity index (χ4n) is 4.93. The number of carbonyl (C=O) groups excluding carboxylic acids is 1. The highest BCUT2D eigenvalue weighted by Crippen LogP contribution is 2.44. The van der Waals surface area contributed by atoms with Crippen LogP contribution in [0.2, 0.25) is 0 Å². The maximum atomic E-state index is 13.1. The molecule has 0 unspecified atom stereocenters. The van der Waals surface area contributed by atoms with E-state index in [4.69, 9.17) is 9.47 Å². The molecular formula is C19H24N4O4. The zero-order chi connectivity index (χ0) is 18.4. The van der Waals surface area contributed by atoms with E-state index >= 15 is 0 Å². The highest BCUT2D eigenvalue weighted by molar-refractivity contribution is 5.77. The number of aliphatic hydroxyl groups is 1. The maximum absolute atomic E-state index is 13.1. The van der Waals surface area contributed by atoms with Crippen molar-refractivity contribution in [2.45, 2.75) is 31.0 Å². The number of rotatable bonds is 2. The molecule has 0 bridgehead atoms. The molecule has 8 nitrogen and oxygen atoms in total. The molecule has 5 rings (SSSR count). The highest BCUT2D eigenvalue weighted by Gasteiger charge is 2.56. The Labute approximate surface area is 157 Å². The average Bonchev–Trinajstić information content (AvgIpc) is 3.09. The van der Waals surface area contributed by atoms with Crippen molar-refractivity contribution in [2.24, 2.45) is 11.8 Å². The summed E-state index contributed by atoms with van der Waals surface area (Å²) in [6.45, 7) is 2.76. The van der Waals surface area contributed by atoms with Crippen LogP contribution in [0.4, 0.5) is 0 Å². The van der Waals surface area contributed by atoms with E-state index in [2.05, 4.69) is 10.2 Å². The third-order valence-corrected chi connectivity index (χ3v) is 6.38. The Kier molecular flexibility index (Phi) is 4.14. The number of likely N-dealkylation sites (tertiary alicyclic amines) is 1. The molecule has 1 aromatic carbocycles. The summed E-state index contributed by atoms with van der Waals surface area (Å²) in [6.07, 6.45) is 1.36. The normalized spacial score (nSPS) is 33.5. The molecule has 1 aromatic heterocycles. The second-order valence-corrected chi connectivity index (χ2v) is 7.82. The van der Waals surface area contributed by atoms with Gasteiger partial charge in [-0.2, -0.15) is 15.0 Å². The van der Waals surface area contributed by atoms with Gasteiger partial charge in [0.25, 0.3) is 0 Å². The number of nitrogens with zero attached hydrogens (tertiary/aromatic N) is 4. The van der Waals surface area contributed by atoms with Crippen molar-refractivity contribution in [3.05, 3.63) is 24.3 Å². The van der Waals surface area contributed by atoms with Crippen LogP contribution < -0.4 is 0 Å². The molecule has 4 heterocycles. The van der Waals surface area contributed by atoms with Gasteiger partial charge in [0.15, 0.2) is 0 Å². The Balaban J connectivity index is 1.40. The van der Waals surface area contributed by atoms with Crippen molar-refractivity contribution in [2.75, 3.05) is 33.0 Å². The van der Waals surface area contributed by atoms with Crippen LogP contribution in [-0.4, -0.2) is 75.5 Å². The van der Waals surface area contributed by atoms with Crippen molar-refractivity contribution in [3.8, 4) is 0 Å². The number of carbonyl (C=O) groups is 1. The molecule has 0 aliphatic carbocycles. The van der Waals surface area contributed by atoms with E-state index in [9.17, 15) is 9.90 Å². The number of piperidine rings is 1. The first-order chi connectivity index (χ1) is 13.1. The maximum Gasteiger partial charge on any atom is 0.246 e. The molecule has 1 amide bonds. The summed E-state index contributed by atoms with van der Waals surface area (Å²) in [5.74, 6) is -0.162. The van der Waals surface area contributed by atoms with Gasteiger partial charge in [-0.25, -0.2) is 0 Å². The van der Waals surface area contributed by atoms with Crippen LogP contribution in [0.5, 0.6) is 0 Å². The van der Waals surface area contributed by atoms with Crippen LogP contribution in [-0.2, 0) is 20.8 Å². The second kappa shape index (κ2) is 6.54. The lowest BCUT2D eigenvalue weighted by Crippen LogP contribution is -2.69. The molecule has 2 aromatic rings. The van der Waals surface area contributed by atoms with E-state index in [1.54, 1.807) is 0 Å². The molecule has 0 saturated carbocycles. The van der Waals surface area contributed by atoms with Crippen LogP contribution in [0.1, 0.15) is 12.8 Å². The topological polar surface area (TPSA) is 89.7 Å². The fourth-order valence-corrected chi connectivity index (χ4v) is 4.93. The van der Waals surface area contributed by atoms with Gasteiger partial charge < -0.3 is 19.5 Å². The van der Waals surface area contributed by atoms with E-state index in [0.29, 0.717) is 39.4 Å². The lowest BCUT2D eigenvalue weighted by Gasteiger charge is -2.57. The summed E-state index contributed by atoms with van der Waals surface area (Å²) in [5.41, 5.74) is 0.754. The smallest absolute Gasteiger partial charge is 0.246 e. The van der Waals surface area contributed by atoms with Gasteiger partial charge >= 0.3 is 0 Å². The minimum atomic E-state index is -0.807. The van der Waals surface area contributed by atoms with E-state index in [-0.39, 0.29) is 30.3 Å². The summed E-state index contributed by atoms with van der Waals surface area (Å²) in [5, 5.41) is 20.2. The second-order valence-electron chi connectivity index (χ2n) is 7.82. The largest absolute Gasteiger partial charge is 0.389 e. The predicted molar refractivity (Wildman–Crippen MR) is 95.8 cm³/mol. The van der Waals surface area contributed by atoms with Crippen molar-refractivity contribution in [3.63, 3.8) is 0 Å². The Morgan fingerprint density at radius 2 is 1.93 bits per heavy atom. The lowest BCUT2D eigenvalue weighted by molar-refractivity contribution is -0.219. The zero-order valence-electron chi connectivity index (χ0n) is 15.2. The summed E-state index contributed by atoms with van der Waals surface area (Å²) < 4.78 is 11.3. The van der Waals surface area contributed by atoms with Gasteiger partial charge in [-0.05, 0) is 18.6 Å². The number of amides is 1. The van der Waals surface area contributed by atoms with Gasteiger partial charge in [-0.3, -0.25) is 4.79 Å². The van der Waals surface area contributed by atoms with Gasteiger partial charge in [0.2, 0.25) is 5.91 Å². The summed E-state index contributed by atoms with van der Waals surface area (Å²) in [4.78, 5) is 16.5. The molecule has 144 valence electrons. The van der Waals surface area contributed by atoms with Gasteiger partial charge in [-0.1, -0.05) is 12.1 Å². The Morgan fingerprint density at radius 1 is 1.19 bits per heavy atom. The molecule has 1 N–H and O–H groups in total. The molecular weight excluding hydrogens is 348 g/mol. The van der Waals surface area contributed by atoms with Crippen molar-refractivity contribution in [1.82, 2.24) is 19.9 Å². The van der Waals surface area contributed by atoms with E-state index < -0.39 is 5.60 Å². The standard InChI is InChI=1S/C19H24N4O4/c24-18(10-23-20-15-3-1-2-4-16(15)21-23)22-9-13-11-27-8-6-19(13,25)14-12-26-7-5-17(14)22/h1-4,13-14,17,25H,5-12H2/t13-,14+,17-,19-/m0/s1. The Morgan fingerprint density at radius 3 is 2.70 bits per heavy atom. The van der Waals surface area contributed by atoms with Gasteiger partial charge in [0.05, 0.1) is 18.8 Å². The molecule has 0 radical (unpaired) electrons. The average molecular weight is 372 g/mol. The zero-order valence-corrected chi connectivity index (χ0v) is 15.2. The number of benzene rings is 1. The molecule has 3 aliphatic heterocycles. The monoisotopic (exact) mass is 372 g/mol. The van der Waals surface area contributed by atoms with E-state index in [0.717, 1.165) is 17.5 Å². The van der Waals surface area contributed by atoms with Crippen LogP contribution in [0.25, 0.3) is 11.0 Å². The van der Waals surface area contributed by atoms with E-state index in [1.807, 2.05) is 29.2 Å². The first-order valence-corrected chi connectivity index (χ1v) is 9.62. The number of fused-ring (bicyclic) bond motifs is 4. The molecule has 3 saturated heterocycles. The first kappa shape index (κ1) is 17.1. The number of hydrogen-bond acceptors (Lipinski definition) is 6. The molecule has 4 atom stereocenters. The van der Waals surface area contributed by atoms with Crippen molar-refractivity contribution >= 4 is 16.9 Å². The first-order valence-electron chi connectivity index (χ1n) is 9.62. The Bertz CT molecular complexity index is 822. The summed E-state index contributed by atoms with van der Waals surface area (Å²) >= 11 is 0. The minimum absolute atomic E-state index is 0.00409. The number of aromatic nitrogens is 3. The molecule has 3 aliphatic rings. The number of hydrogen-bond donors (Lipinski definition) is 1. The number of ether oxygens (including phenoxy) is 2. The molecule has 8 heteroatoms. The lowest BCUT2D eigenvalue weighted by atomic mass is 9.66. The SMILES string of the molecule is O=C(Cn1nc2ccccc2n1)N1C[C@H]2COCC[C@@]2(O)[C@@H]2COCC[C@@H]21. The van der Waals surface area contributed by atoms with Gasteiger partial charge in [0, 0.05) is 44.1 Å². The van der Waals surface area contributed by atoms with Crippen molar-refractivity contribution in [1.29, 1.82) is 0 Å². The molecule has 27 heavy (non-hydrogen) atoms. The summed E-state index contributed by atoms with van der Waals surface area (Å²) in [7, 11) is 0. The third kappa shape index (κ3) is 2.83. The van der Waals surface area contributed by atoms with Gasteiger partial charge in [-0.15, -0.1) is 0 Å². The van der Waals surface area contributed by atoms with Crippen LogP contribution in [0.3, 0.4) is 0 Å². The van der Waals surface area contributed by atoms with Crippen LogP contribution in [0.15, 0.2) is 24.3 Å². The minimum Gasteiger partial charge on any atom is -0.389 e.